The first kappa shape index (κ1) is 25.4. The number of amides is 3. The van der Waals surface area contributed by atoms with Crippen molar-refractivity contribution in [3.63, 3.8) is 0 Å². The van der Waals surface area contributed by atoms with E-state index in [2.05, 4.69) is 15.6 Å². The van der Waals surface area contributed by atoms with Gasteiger partial charge in [0.1, 0.15) is 5.75 Å². The Morgan fingerprint density at radius 3 is 2.16 bits per heavy atom. The zero-order valence-corrected chi connectivity index (χ0v) is 18.3. The molecule has 0 bridgehead atoms. The number of primary amides is 1. The van der Waals surface area contributed by atoms with E-state index in [1.165, 1.54) is 0 Å². The summed E-state index contributed by atoms with van der Waals surface area (Å²) in [6, 6.07) is 6.88. The van der Waals surface area contributed by atoms with Crippen LogP contribution in [-0.2, 0) is 11.3 Å². The molecule has 2 rings (SSSR count). The van der Waals surface area contributed by atoms with Crippen molar-refractivity contribution in [2.45, 2.75) is 46.8 Å². The molecular weight excluding hydrogens is 400 g/mol. The Bertz CT molecular complexity index is 862. The third kappa shape index (κ3) is 10.1. The molecule has 0 saturated carbocycles. The van der Waals surface area contributed by atoms with Crippen molar-refractivity contribution >= 4 is 17.9 Å². The third-order valence-corrected chi connectivity index (χ3v) is 3.95. The highest BCUT2D eigenvalue weighted by atomic mass is 16.5. The number of carboxylic acids is 1. The van der Waals surface area contributed by atoms with Crippen LogP contribution in [0.25, 0.3) is 0 Å². The molecule has 2 aromatic rings. The molecule has 0 saturated heterocycles. The van der Waals surface area contributed by atoms with Crippen molar-refractivity contribution < 1.29 is 24.2 Å². The Morgan fingerprint density at radius 1 is 1.10 bits per heavy atom. The summed E-state index contributed by atoms with van der Waals surface area (Å²) in [5.74, 6) is -0.541. The fourth-order valence-corrected chi connectivity index (χ4v) is 2.68. The number of hydrogen-bond donors (Lipinski definition) is 4. The summed E-state index contributed by atoms with van der Waals surface area (Å²) in [5.41, 5.74) is 8.53. The summed E-state index contributed by atoms with van der Waals surface area (Å²) < 4.78 is 5.56. The summed E-state index contributed by atoms with van der Waals surface area (Å²) in [6.07, 6.45) is 3.32. The van der Waals surface area contributed by atoms with E-state index in [0.29, 0.717) is 12.1 Å². The molecule has 1 heterocycles. The predicted molar refractivity (Wildman–Crippen MR) is 117 cm³/mol. The summed E-state index contributed by atoms with van der Waals surface area (Å²) in [4.78, 5) is 36.4. The first-order valence-electron chi connectivity index (χ1n) is 9.80. The Balaban J connectivity index is 0.000000311. The molecular formula is C22H30N4O5. The van der Waals surface area contributed by atoms with Gasteiger partial charge in [-0.2, -0.15) is 0 Å². The number of carboxylic acid groups (broad SMARTS) is 1. The van der Waals surface area contributed by atoms with Gasteiger partial charge in [-0.15, -0.1) is 0 Å². The van der Waals surface area contributed by atoms with E-state index in [9.17, 15) is 14.4 Å². The number of nitrogens with two attached hydrogens (primary N) is 1. The maximum absolute atomic E-state index is 11.2. The number of nitrogens with zero attached hydrogens (tertiary/aromatic N) is 1. The lowest BCUT2D eigenvalue weighted by Gasteiger charge is -2.13. The number of hydrogen-bond acceptors (Lipinski definition) is 5. The van der Waals surface area contributed by atoms with Crippen molar-refractivity contribution in [2.75, 3.05) is 6.54 Å². The minimum atomic E-state index is -0.936. The van der Waals surface area contributed by atoms with Gasteiger partial charge < -0.3 is 26.2 Å². The minimum Gasteiger partial charge on any atom is -0.491 e. The maximum atomic E-state index is 11.2. The number of nitrogens with one attached hydrogen (secondary N) is 2. The fourth-order valence-electron chi connectivity index (χ4n) is 2.68. The second-order valence-corrected chi connectivity index (χ2v) is 7.07. The van der Waals surface area contributed by atoms with E-state index in [4.69, 9.17) is 15.6 Å². The number of aromatic nitrogens is 1. The highest BCUT2D eigenvalue weighted by Crippen LogP contribution is 2.22. The number of carbonyl (C=O) groups is 3. The zero-order chi connectivity index (χ0) is 23.4. The Kier molecular flexibility index (Phi) is 10.5. The van der Waals surface area contributed by atoms with Crippen LogP contribution in [0.3, 0.4) is 0 Å². The third-order valence-electron chi connectivity index (χ3n) is 3.95. The first-order valence-corrected chi connectivity index (χ1v) is 9.80. The molecule has 9 nitrogen and oxygen atoms in total. The molecule has 0 unspecified atom stereocenters. The molecule has 0 radical (unpaired) electrons. The van der Waals surface area contributed by atoms with Gasteiger partial charge in [0.15, 0.2) is 0 Å². The van der Waals surface area contributed by atoms with Crippen molar-refractivity contribution in [3.05, 3.63) is 58.9 Å². The molecule has 3 amide bonds. The first-order chi connectivity index (χ1) is 14.6. The number of benzene rings is 1. The fraction of sp³-hybridized carbons (Fsp3) is 0.364. The molecule has 168 valence electrons. The van der Waals surface area contributed by atoms with Crippen LogP contribution in [0.4, 0.5) is 4.79 Å². The second kappa shape index (κ2) is 12.8. The molecule has 0 spiro atoms. The van der Waals surface area contributed by atoms with Gasteiger partial charge in [-0.1, -0.05) is 0 Å². The van der Waals surface area contributed by atoms with E-state index in [0.717, 1.165) is 22.4 Å². The van der Waals surface area contributed by atoms with Crippen LogP contribution in [0.15, 0.2) is 36.7 Å². The van der Waals surface area contributed by atoms with Crippen LogP contribution < -0.4 is 21.1 Å². The van der Waals surface area contributed by atoms with Gasteiger partial charge in [0.25, 0.3) is 0 Å². The van der Waals surface area contributed by atoms with Crippen molar-refractivity contribution in [2.24, 2.45) is 5.73 Å². The Morgan fingerprint density at radius 2 is 1.68 bits per heavy atom. The topological polar surface area (TPSA) is 144 Å². The lowest BCUT2D eigenvalue weighted by Crippen LogP contribution is -2.36. The number of pyridine rings is 1. The molecule has 0 aliphatic carbocycles. The standard InChI is InChI=1S/C12H17NO2.C10H13N3O3/c1-7(2)15-10-5-8(3)11(12(13)14)9(4)6-10;14-9(15)3-6-12-10(16)13-7-8-1-4-11-5-2-8/h5-7H,1-4H3,(H2,13,14);1-2,4-5H,3,6-7H2,(H,14,15)(H2,12,13,16). The quantitative estimate of drug-likeness (QED) is 0.507. The number of aryl methyl sites for hydroxylation is 2. The largest absolute Gasteiger partial charge is 0.491 e. The summed E-state index contributed by atoms with van der Waals surface area (Å²) in [6.45, 7) is 8.17. The van der Waals surface area contributed by atoms with Crippen LogP contribution in [0.5, 0.6) is 5.75 Å². The molecule has 31 heavy (non-hydrogen) atoms. The summed E-state index contributed by atoms with van der Waals surface area (Å²) in [7, 11) is 0. The molecule has 9 heteroatoms. The van der Waals surface area contributed by atoms with E-state index in [1.807, 2.05) is 39.8 Å². The number of aliphatic carboxylic acids is 1. The van der Waals surface area contributed by atoms with Crippen LogP contribution >= 0.6 is 0 Å². The molecule has 0 aliphatic rings. The number of carbonyl (C=O) groups excluding carboxylic acids is 2. The van der Waals surface area contributed by atoms with Crippen LogP contribution in [0.1, 0.15) is 47.3 Å². The highest BCUT2D eigenvalue weighted by molar-refractivity contribution is 5.96. The smallest absolute Gasteiger partial charge is 0.315 e. The van der Waals surface area contributed by atoms with Crippen molar-refractivity contribution in [1.82, 2.24) is 15.6 Å². The average molecular weight is 431 g/mol. The van der Waals surface area contributed by atoms with E-state index < -0.39 is 5.97 Å². The molecule has 5 N–H and O–H groups in total. The van der Waals surface area contributed by atoms with Crippen LogP contribution in [0.2, 0.25) is 0 Å². The van der Waals surface area contributed by atoms with Crippen LogP contribution in [-0.4, -0.2) is 40.6 Å². The van der Waals surface area contributed by atoms with E-state index >= 15 is 0 Å². The second-order valence-electron chi connectivity index (χ2n) is 7.07. The van der Waals surface area contributed by atoms with E-state index in [-0.39, 0.29) is 31.0 Å². The normalized spacial score (nSPS) is 9.97. The lowest BCUT2D eigenvalue weighted by atomic mass is 10.0. The van der Waals surface area contributed by atoms with Crippen LogP contribution in [0, 0.1) is 13.8 Å². The molecule has 0 aliphatic heterocycles. The van der Waals surface area contributed by atoms with Gasteiger partial charge >= 0.3 is 12.0 Å². The van der Waals surface area contributed by atoms with Gasteiger partial charge in [-0.05, 0) is 68.7 Å². The highest BCUT2D eigenvalue weighted by Gasteiger charge is 2.11. The van der Waals surface area contributed by atoms with Gasteiger partial charge in [-0.3, -0.25) is 14.6 Å². The minimum absolute atomic E-state index is 0.0807. The summed E-state index contributed by atoms with van der Waals surface area (Å²) >= 11 is 0. The molecule has 0 atom stereocenters. The van der Waals surface area contributed by atoms with Crippen molar-refractivity contribution in [3.8, 4) is 5.75 Å². The Hall–Kier alpha value is -3.62. The van der Waals surface area contributed by atoms with Gasteiger partial charge in [0.2, 0.25) is 5.91 Å². The monoisotopic (exact) mass is 430 g/mol. The average Bonchev–Trinajstić information content (AvgIpc) is 2.66. The van der Waals surface area contributed by atoms with Crippen molar-refractivity contribution in [1.29, 1.82) is 0 Å². The predicted octanol–water partition coefficient (Wildman–Crippen LogP) is 2.55. The molecule has 1 aromatic carbocycles. The summed E-state index contributed by atoms with van der Waals surface area (Å²) in [5, 5.41) is 13.4. The van der Waals surface area contributed by atoms with Gasteiger partial charge in [-0.25, -0.2) is 4.79 Å². The molecule has 1 aromatic heterocycles. The number of urea groups is 1. The SMILES string of the molecule is Cc1cc(OC(C)C)cc(C)c1C(N)=O.O=C(O)CCNC(=O)NCc1ccncc1. The Labute approximate surface area is 182 Å². The number of rotatable bonds is 8. The molecule has 0 fully saturated rings. The zero-order valence-electron chi connectivity index (χ0n) is 18.3. The van der Waals surface area contributed by atoms with Gasteiger partial charge in [0.05, 0.1) is 12.5 Å². The number of ether oxygens (including phenoxy) is 1. The van der Waals surface area contributed by atoms with E-state index in [1.54, 1.807) is 24.5 Å². The maximum Gasteiger partial charge on any atom is 0.315 e. The van der Waals surface area contributed by atoms with Gasteiger partial charge in [0, 0.05) is 31.0 Å². The lowest BCUT2D eigenvalue weighted by molar-refractivity contribution is -0.136.